The van der Waals surface area contributed by atoms with Crippen molar-refractivity contribution in [1.29, 1.82) is 0 Å². The van der Waals surface area contributed by atoms with Crippen molar-refractivity contribution in [3.05, 3.63) is 28.8 Å². The minimum atomic E-state index is -3.47. The SMILES string of the molecule is Cc1cc(C)c(S(=O)(=O)NCC2CCCCO2)c(C)c1. The van der Waals surface area contributed by atoms with E-state index in [1.807, 2.05) is 32.9 Å². The average Bonchev–Trinajstić information content (AvgIpc) is 2.36. The first-order valence-electron chi connectivity index (χ1n) is 7.09. The lowest BCUT2D eigenvalue weighted by Gasteiger charge is -2.23. The minimum absolute atomic E-state index is 0.00425. The molecule has 1 fully saturated rings. The molecule has 1 saturated heterocycles. The van der Waals surface area contributed by atoms with Gasteiger partial charge in [-0.25, -0.2) is 13.1 Å². The summed E-state index contributed by atoms with van der Waals surface area (Å²) in [6, 6.07) is 3.80. The van der Waals surface area contributed by atoms with E-state index in [0.29, 0.717) is 11.4 Å². The Morgan fingerprint density at radius 1 is 1.20 bits per heavy atom. The van der Waals surface area contributed by atoms with E-state index in [9.17, 15) is 8.42 Å². The maximum atomic E-state index is 12.5. The summed E-state index contributed by atoms with van der Waals surface area (Å²) in [5.41, 5.74) is 2.66. The fourth-order valence-corrected chi connectivity index (χ4v) is 4.35. The van der Waals surface area contributed by atoms with Crippen molar-refractivity contribution in [1.82, 2.24) is 4.72 Å². The van der Waals surface area contributed by atoms with Crippen LogP contribution in [0.1, 0.15) is 36.0 Å². The van der Waals surface area contributed by atoms with Gasteiger partial charge in [-0.15, -0.1) is 0 Å². The van der Waals surface area contributed by atoms with Gasteiger partial charge in [0.25, 0.3) is 0 Å². The van der Waals surface area contributed by atoms with Gasteiger partial charge >= 0.3 is 0 Å². The van der Waals surface area contributed by atoms with E-state index < -0.39 is 10.0 Å². The molecule has 1 heterocycles. The smallest absolute Gasteiger partial charge is 0.241 e. The molecule has 1 unspecified atom stereocenters. The molecule has 0 amide bonds. The molecule has 1 aromatic carbocycles. The lowest BCUT2D eigenvalue weighted by Crippen LogP contribution is -2.36. The van der Waals surface area contributed by atoms with Crippen molar-refractivity contribution < 1.29 is 13.2 Å². The van der Waals surface area contributed by atoms with E-state index in [4.69, 9.17) is 4.74 Å². The summed E-state index contributed by atoms with van der Waals surface area (Å²) in [5.74, 6) is 0. The van der Waals surface area contributed by atoms with Gasteiger partial charge in [0.2, 0.25) is 10.0 Å². The number of ether oxygens (including phenoxy) is 1. The summed E-state index contributed by atoms with van der Waals surface area (Å²) < 4.78 is 33.2. The van der Waals surface area contributed by atoms with E-state index in [0.717, 1.165) is 42.6 Å². The van der Waals surface area contributed by atoms with Crippen LogP contribution < -0.4 is 4.72 Å². The summed E-state index contributed by atoms with van der Waals surface area (Å²) in [5, 5.41) is 0. The van der Waals surface area contributed by atoms with Crippen molar-refractivity contribution >= 4 is 10.0 Å². The van der Waals surface area contributed by atoms with Crippen LogP contribution in [0.5, 0.6) is 0 Å². The van der Waals surface area contributed by atoms with Crippen LogP contribution in [0.3, 0.4) is 0 Å². The van der Waals surface area contributed by atoms with Crippen LogP contribution in [0.2, 0.25) is 0 Å². The van der Waals surface area contributed by atoms with Gasteiger partial charge in [0, 0.05) is 13.2 Å². The third-order valence-electron chi connectivity index (χ3n) is 3.65. The first kappa shape index (κ1) is 15.5. The predicted molar refractivity (Wildman–Crippen MR) is 79.4 cm³/mol. The number of hydrogen-bond acceptors (Lipinski definition) is 3. The topological polar surface area (TPSA) is 55.4 Å². The molecule has 112 valence electrons. The largest absolute Gasteiger partial charge is 0.377 e. The summed E-state index contributed by atoms with van der Waals surface area (Å²) in [6.45, 7) is 6.74. The van der Waals surface area contributed by atoms with Gasteiger partial charge in [-0.1, -0.05) is 17.7 Å². The average molecular weight is 297 g/mol. The Morgan fingerprint density at radius 2 is 1.85 bits per heavy atom. The first-order chi connectivity index (χ1) is 9.40. The Hall–Kier alpha value is -0.910. The molecule has 1 N–H and O–H groups in total. The molecule has 2 rings (SSSR count). The number of nitrogens with one attached hydrogen (secondary N) is 1. The first-order valence-corrected chi connectivity index (χ1v) is 8.57. The molecule has 5 heteroatoms. The zero-order valence-corrected chi connectivity index (χ0v) is 13.2. The van der Waals surface area contributed by atoms with E-state index in [1.165, 1.54) is 0 Å². The zero-order valence-electron chi connectivity index (χ0n) is 12.4. The molecule has 1 aromatic rings. The van der Waals surface area contributed by atoms with E-state index in [2.05, 4.69) is 4.72 Å². The summed E-state index contributed by atoms with van der Waals surface area (Å²) in [7, 11) is -3.47. The molecule has 4 nitrogen and oxygen atoms in total. The highest BCUT2D eigenvalue weighted by atomic mass is 32.2. The highest BCUT2D eigenvalue weighted by Gasteiger charge is 2.22. The second-order valence-electron chi connectivity index (χ2n) is 5.57. The Labute approximate surface area is 121 Å². The van der Waals surface area contributed by atoms with Gasteiger partial charge in [-0.05, 0) is 51.2 Å². The molecule has 0 aliphatic carbocycles. The molecular weight excluding hydrogens is 274 g/mol. The van der Waals surface area contributed by atoms with Crippen LogP contribution in [0.4, 0.5) is 0 Å². The van der Waals surface area contributed by atoms with Crippen LogP contribution in [0.25, 0.3) is 0 Å². The van der Waals surface area contributed by atoms with Gasteiger partial charge < -0.3 is 4.74 Å². The molecule has 1 aliphatic heterocycles. The zero-order chi connectivity index (χ0) is 14.8. The Balaban J connectivity index is 2.14. The van der Waals surface area contributed by atoms with Crippen LogP contribution >= 0.6 is 0 Å². The number of hydrogen-bond donors (Lipinski definition) is 1. The van der Waals surface area contributed by atoms with Gasteiger partial charge in [0.15, 0.2) is 0 Å². The second-order valence-corrected chi connectivity index (χ2v) is 7.27. The van der Waals surface area contributed by atoms with Crippen molar-refractivity contribution in [2.45, 2.75) is 51.0 Å². The van der Waals surface area contributed by atoms with Gasteiger partial charge in [-0.3, -0.25) is 0 Å². The number of aryl methyl sites for hydroxylation is 3. The van der Waals surface area contributed by atoms with Gasteiger partial charge in [0.1, 0.15) is 0 Å². The molecule has 0 spiro atoms. The quantitative estimate of drug-likeness (QED) is 0.929. The molecule has 0 bridgehead atoms. The molecule has 1 atom stereocenters. The minimum Gasteiger partial charge on any atom is -0.377 e. The standard InChI is InChI=1S/C15H23NO3S/c1-11-8-12(2)15(13(3)9-11)20(17,18)16-10-14-6-4-5-7-19-14/h8-9,14,16H,4-7,10H2,1-3H3. The third-order valence-corrected chi connectivity index (χ3v) is 5.38. The molecule has 0 saturated carbocycles. The maximum Gasteiger partial charge on any atom is 0.241 e. The van der Waals surface area contributed by atoms with Gasteiger partial charge in [0.05, 0.1) is 11.0 Å². The van der Waals surface area contributed by atoms with Crippen molar-refractivity contribution in [2.24, 2.45) is 0 Å². The Morgan fingerprint density at radius 3 is 2.40 bits per heavy atom. The fourth-order valence-electron chi connectivity index (χ4n) is 2.83. The second kappa shape index (κ2) is 6.24. The predicted octanol–water partition coefficient (Wildman–Crippen LogP) is 2.46. The van der Waals surface area contributed by atoms with Crippen molar-refractivity contribution in [3.63, 3.8) is 0 Å². The number of rotatable bonds is 4. The summed E-state index contributed by atoms with van der Waals surface area (Å²) >= 11 is 0. The van der Waals surface area contributed by atoms with Crippen LogP contribution in [0, 0.1) is 20.8 Å². The van der Waals surface area contributed by atoms with E-state index in [-0.39, 0.29) is 6.10 Å². The molecule has 0 aromatic heterocycles. The monoisotopic (exact) mass is 297 g/mol. The summed E-state index contributed by atoms with van der Waals surface area (Å²) in [4.78, 5) is 0.402. The number of benzene rings is 1. The molecule has 20 heavy (non-hydrogen) atoms. The highest BCUT2D eigenvalue weighted by Crippen LogP contribution is 2.22. The molecular formula is C15H23NO3S. The molecule has 1 aliphatic rings. The van der Waals surface area contributed by atoms with E-state index >= 15 is 0 Å². The van der Waals surface area contributed by atoms with Crippen molar-refractivity contribution in [3.8, 4) is 0 Å². The van der Waals surface area contributed by atoms with E-state index in [1.54, 1.807) is 0 Å². The highest BCUT2D eigenvalue weighted by molar-refractivity contribution is 7.89. The Kier molecular flexibility index (Phi) is 4.83. The van der Waals surface area contributed by atoms with Crippen LogP contribution in [-0.2, 0) is 14.8 Å². The maximum absolute atomic E-state index is 12.5. The van der Waals surface area contributed by atoms with Crippen LogP contribution in [0.15, 0.2) is 17.0 Å². The summed E-state index contributed by atoms with van der Waals surface area (Å²) in [6.07, 6.45) is 3.10. The van der Waals surface area contributed by atoms with Crippen molar-refractivity contribution in [2.75, 3.05) is 13.2 Å². The number of sulfonamides is 1. The lowest BCUT2D eigenvalue weighted by molar-refractivity contribution is 0.0200. The van der Waals surface area contributed by atoms with Crippen LogP contribution in [-0.4, -0.2) is 27.7 Å². The van der Waals surface area contributed by atoms with Gasteiger partial charge in [-0.2, -0.15) is 0 Å². The third kappa shape index (κ3) is 3.59. The lowest BCUT2D eigenvalue weighted by atomic mass is 10.1. The fraction of sp³-hybridized carbons (Fsp3) is 0.600. The normalized spacial score (nSPS) is 20.1. The molecule has 0 radical (unpaired) electrons. The Bertz CT molecular complexity index is 552.